The molecule has 10 heteroatoms. The minimum absolute atomic E-state index is 0.0523. The van der Waals surface area contributed by atoms with E-state index in [0.29, 0.717) is 26.6 Å². The number of nitrogens with zero attached hydrogens (tertiary/aromatic N) is 2. The number of halogens is 3. The summed E-state index contributed by atoms with van der Waals surface area (Å²) >= 11 is 19.4. The van der Waals surface area contributed by atoms with Crippen LogP contribution in [-0.4, -0.2) is 28.3 Å². The summed E-state index contributed by atoms with van der Waals surface area (Å²) in [6.07, 6.45) is 1.47. The van der Waals surface area contributed by atoms with Gasteiger partial charge in [-0.25, -0.2) is 9.97 Å². The summed E-state index contributed by atoms with van der Waals surface area (Å²) in [6.45, 7) is 0.126. The average Bonchev–Trinajstić information content (AvgIpc) is 2.75. The zero-order valence-electron chi connectivity index (χ0n) is 16.1. The molecule has 1 aromatic heterocycles. The van der Waals surface area contributed by atoms with Crippen LogP contribution in [0.3, 0.4) is 0 Å². The van der Waals surface area contributed by atoms with Gasteiger partial charge in [0.2, 0.25) is 5.91 Å². The molecule has 0 spiro atoms. The highest BCUT2D eigenvalue weighted by molar-refractivity contribution is 7.98. The molecule has 0 saturated carbocycles. The van der Waals surface area contributed by atoms with E-state index >= 15 is 0 Å². The molecule has 0 unspecified atom stereocenters. The van der Waals surface area contributed by atoms with E-state index in [9.17, 15) is 9.59 Å². The molecule has 0 aliphatic heterocycles. The van der Waals surface area contributed by atoms with Crippen molar-refractivity contribution in [3.8, 4) is 0 Å². The van der Waals surface area contributed by atoms with Crippen LogP contribution in [0.15, 0.2) is 59.9 Å². The Hall–Kier alpha value is -2.32. The lowest BCUT2D eigenvalue weighted by Gasteiger charge is -2.08. The maximum atomic E-state index is 12.5. The second-order valence-electron chi connectivity index (χ2n) is 6.29. The minimum Gasteiger partial charge on any atom is -0.350 e. The van der Waals surface area contributed by atoms with Crippen molar-refractivity contribution in [2.45, 2.75) is 17.3 Å². The van der Waals surface area contributed by atoms with E-state index in [1.807, 2.05) is 24.3 Å². The van der Waals surface area contributed by atoms with Crippen LogP contribution in [0.1, 0.15) is 22.5 Å². The predicted octanol–water partition coefficient (Wildman–Crippen LogP) is 5.49. The molecular formula is C21H17Cl3N4O2S. The monoisotopic (exact) mass is 494 g/mol. The molecule has 160 valence electrons. The van der Waals surface area contributed by atoms with Gasteiger partial charge in [-0.1, -0.05) is 64.8 Å². The number of thioether (sulfide) groups is 1. The molecule has 31 heavy (non-hydrogen) atoms. The zero-order valence-corrected chi connectivity index (χ0v) is 19.2. The van der Waals surface area contributed by atoms with E-state index < -0.39 is 5.91 Å². The van der Waals surface area contributed by atoms with E-state index in [2.05, 4.69) is 20.6 Å². The summed E-state index contributed by atoms with van der Waals surface area (Å²) in [5.74, 6) is -0.175. The van der Waals surface area contributed by atoms with Crippen LogP contribution in [0, 0.1) is 0 Å². The lowest BCUT2D eigenvalue weighted by molar-refractivity contribution is -0.116. The maximum Gasteiger partial charge on any atom is 0.271 e. The Balaban J connectivity index is 1.52. The lowest BCUT2D eigenvalue weighted by atomic mass is 10.2. The van der Waals surface area contributed by atoms with Crippen LogP contribution in [0.5, 0.6) is 0 Å². The average molecular weight is 496 g/mol. The summed E-state index contributed by atoms with van der Waals surface area (Å²) in [6, 6.07) is 14.2. The highest BCUT2D eigenvalue weighted by Gasteiger charge is 2.15. The SMILES string of the molecule is O=C(CCNC(=O)c1nc(SCc2ccccc2Cl)ncc1Cl)Nc1ccc(Cl)cc1. The van der Waals surface area contributed by atoms with Crippen LogP contribution < -0.4 is 10.6 Å². The molecule has 2 amide bonds. The number of carbonyl (C=O) groups is 2. The number of hydrogen-bond acceptors (Lipinski definition) is 5. The Bertz CT molecular complexity index is 1080. The summed E-state index contributed by atoms with van der Waals surface area (Å²) in [7, 11) is 0. The number of rotatable bonds is 8. The van der Waals surface area contributed by atoms with Gasteiger partial charge in [-0.05, 0) is 35.9 Å². The van der Waals surface area contributed by atoms with Gasteiger partial charge in [0.15, 0.2) is 10.9 Å². The summed E-state index contributed by atoms with van der Waals surface area (Å²) in [5, 5.41) is 7.13. The molecule has 0 aliphatic rings. The first-order valence-electron chi connectivity index (χ1n) is 9.15. The second-order valence-corrected chi connectivity index (χ2v) is 8.48. The first-order valence-corrected chi connectivity index (χ1v) is 11.3. The van der Waals surface area contributed by atoms with E-state index in [1.54, 1.807) is 24.3 Å². The number of aromatic nitrogens is 2. The lowest BCUT2D eigenvalue weighted by Crippen LogP contribution is -2.28. The van der Waals surface area contributed by atoms with Crippen LogP contribution in [0.25, 0.3) is 0 Å². The molecule has 0 fully saturated rings. The van der Waals surface area contributed by atoms with Crippen molar-refractivity contribution in [2.24, 2.45) is 0 Å². The first-order chi connectivity index (χ1) is 14.9. The number of amides is 2. The normalized spacial score (nSPS) is 10.5. The zero-order chi connectivity index (χ0) is 22.2. The minimum atomic E-state index is -0.480. The third-order valence-corrected chi connectivity index (χ3v) is 5.82. The third-order valence-electron chi connectivity index (χ3n) is 4.02. The number of nitrogens with one attached hydrogen (secondary N) is 2. The van der Waals surface area contributed by atoms with Gasteiger partial charge in [0, 0.05) is 34.5 Å². The fourth-order valence-corrected chi connectivity index (χ4v) is 3.87. The van der Waals surface area contributed by atoms with Gasteiger partial charge in [0.25, 0.3) is 5.91 Å². The van der Waals surface area contributed by atoms with Crippen LogP contribution in [0.4, 0.5) is 5.69 Å². The molecule has 1 heterocycles. The summed E-state index contributed by atoms with van der Waals surface area (Å²) < 4.78 is 0. The molecule has 2 aromatic carbocycles. The summed E-state index contributed by atoms with van der Waals surface area (Å²) in [5.41, 5.74) is 1.61. The van der Waals surface area contributed by atoms with Gasteiger partial charge in [0.05, 0.1) is 11.2 Å². The molecule has 0 aliphatic carbocycles. The topological polar surface area (TPSA) is 84.0 Å². The second kappa shape index (κ2) is 11.3. The van der Waals surface area contributed by atoms with Gasteiger partial charge in [-0.3, -0.25) is 9.59 Å². The first kappa shape index (κ1) is 23.3. The number of hydrogen-bond donors (Lipinski definition) is 2. The standard InChI is InChI=1S/C21H17Cl3N4O2S/c22-14-5-7-15(8-6-14)27-18(29)9-10-25-20(30)19-17(24)11-26-21(28-19)31-12-13-3-1-2-4-16(13)23/h1-8,11H,9-10,12H2,(H,25,30)(H,27,29). The van der Waals surface area contributed by atoms with Gasteiger partial charge in [-0.2, -0.15) is 0 Å². The van der Waals surface area contributed by atoms with E-state index in [-0.39, 0.29) is 29.6 Å². The van der Waals surface area contributed by atoms with Gasteiger partial charge in [-0.15, -0.1) is 0 Å². The van der Waals surface area contributed by atoms with E-state index in [0.717, 1.165) is 5.56 Å². The van der Waals surface area contributed by atoms with Gasteiger partial charge in [0.1, 0.15) is 0 Å². The largest absolute Gasteiger partial charge is 0.350 e. The Morgan fingerprint density at radius 2 is 1.71 bits per heavy atom. The van der Waals surface area contributed by atoms with E-state index in [4.69, 9.17) is 34.8 Å². The van der Waals surface area contributed by atoms with E-state index in [1.165, 1.54) is 18.0 Å². The van der Waals surface area contributed by atoms with Crippen molar-refractivity contribution in [1.29, 1.82) is 0 Å². The maximum absolute atomic E-state index is 12.5. The molecule has 2 N–H and O–H groups in total. The molecule has 6 nitrogen and oxygen atoms in total. The Morgan fingerprint density at radius 3 is 2.45 bits per heavy atom. The van der Waals surface area contributed by atoms with Gasteiger partial charge < -0.3 is 10.6 Å². The Kier molecular flexibility index (Phi) is 8.54. The Labute approximate surface area is 198 Å². The van der Waals surface area contributed by atoms with Gasteiger partial charge >= 0.3 is 0 Å². The highest BCUT2D eigenvalue weighted by Crippen LogP contribution is 2.25. The fraction of sp³-hybridized carbons (Fsp3) is 0.143. The summed E-state index contributed by atoms with van der Waals surface area (Å²) in [4.78, 5) is 32.9. The molecule has 0 saturated heterocycles. The van der Waals surface area contributed by atoms with Crippen molar-refractivity contribution in [2.75, 3.05) is 11.9 Å². The smallest absolute Gasteiger partial charge is 0.271 e. The number of benzene rings is 2. The van der Waals surface area contributed by atoms with Crippen molar-refractivity contribution in [1.82, 2.24) is 15.3 Å². The van der Waals surface area contributed by atoms with Crippen molar-refractivity contribution in [3.63, 3.8) is 0 Å². The van der Waals surface area contributed by atoms with Crippen molar-refractivity contribution in [3.05, 3.63) is 81.1 Å². The third kappa shape index (κ3) is 7.11. The van der Waals surface area contributed by atoms with Crippen molar-refractivity contribution < 1.29 is 9.59 Å². The number of carbonyl (C=O) groups excluding carboxylic acids is 2. The molecule has 3 rings (SSSR count). The molecule has 0 radical (unpaired) electrons. The quantitative estimate of drug-likeness (QED) is 0.319. The molecule has 0 atom stereocenters. The van der Waals surface area contributed by atoms with Crippen molar-refractivity contribution >= 4 is 64.1 Å². The highest BCUT2D eigenvalue weighted by atomic mass is 35.5. The molecule has 0 bridgehead atoms. The van der Waals surface area contributed by atoms with Crippen LogP contribution in [-0.2, 0) is 10.5 Å². The fourth-order valence-electron chi connectivity index (χ4n) is 2.47. The molecule has 3 aromatic rings. The predicted molar refractivity (Wildman–Crippen MR) is 125 cm³/mol. The van der Waals surface area contributed by atoms with Crippen LogP contribution >= 0.6 is 46.6 Å². The Morgan fingerprint density at radius 1 is 0.968 bits per heavy atom. The number of anilines is 1. The molecular weight excluding hydrogens is 479 g/mol. The van der Waals surface area contributed by atoms with Crippen LogP contribution in [0.2, 0.25) is 15.1 Å².